The maximum Gasteiger partial charge on any atom is 0.0991 e. The van der Waals surface area contributed by atoms with Gasteiger partial charge in [-0.05, 0) is 63.1 Å². The molecule has 2 atom stereocenters. The van der Waals surface area contributed by atoms with E-state index in [2.05, 4.69) is 36.3 Å². The number of nitrogens with zero attached hydrogens (tertiary/aromatic N) is 2. The van der Waals surface area contributed by atoms with E-state index in [1.165, 1.54) is 18.4 Å². The molecule has 0 saturated carbocycles. The summed E-state index contributed by atoms with van der Waals surface area (Å²) in [4.78, 5) is 2.43. The van der Waals surface area contributed by atoms with Gasteiger partial charge in [0.2, 0.25) is 0 Å². The number of benzene rings is 1. The van der Waals surface area contributed by atoms with E-state index in [1.807, 2.05) is 18.2 Å². The van der Waals surface area contributed by atoms with Crippen LogP contribution in [0.3, 0.4) is 0 Å². The highest BCUT2D eigenvalue weighted by atomic mass is 15.1. The molecule has 3 nitrogen and oxygen atoms in total. The molecule has 1 N–H and O–H groups in total. The summed E-state index contributed by atoms with van der Waals surface area (Å²) in [6.45, 7) is 5.37. The number of hydrogen-bond acceptors (Lipinski definition) is 3. The Hall–Kier alpha value is -1.37. The Morgan fingerprint density at radius 2 is 2.32 bits per heavy atom. The second kappa shape index (κ2) is 6.70. The summed E-state index contributed by atoms with van der Waals surface area (Å²) in [7, 11) is 2.20. The quantitative estimate of drug-likeness (QED) is 0.901. The second-order valence-corrected chi connectivity index (χ2v) is 5.37. The van der Waals surface area contributed by atoms with Crippen LogP contribution in [0, 0.1) is 17.2 Å². The number of likely N-dealkylation sites (tertiary alicyclic amines) is 1. The topological polar surface area (TPSA) is 39.1 Å². The van der Waals surface area contributed by atoms with Crippen molar-refractivity contribution < 1.29 is 0 Å². The van der Waals surface area contributed by atoms with E-state index in [1.54, 1.807) is 0 Å². The minimum atomic E-state index is 0.432. The molecule has 0 spiro atoms. The largest absolute Gasteiger partial charge is 0.317 e. The van der Waals surface area contributed by atoms with E-state index >= 15 is 0 Å². The van der Waals surface area contributed by atoms with E-state index in [9.17, 15) is 0 Å². The van der Waals surface area contributed by atoms with E-state index in [4.69, 9.17) is 5.26 Å². The molecule has 0 amide bonds. The van der Waals surface area contributed by atoms with Crippen LogP contribution in [0.25, 0.3) is 0 Å². The van der Waals surface area contributed by atoms with Gasteiger partial charge in [0.15, 0.2) is 0 Å². The van der Waals surface area contributed by atoms with Crippen LogP contribution in [0.4, 0.5) is 0 Å². The summed E-state index contributed by atoms with van der Waals surface area (Å²) in [6.07, 6.45) is 2.53. The van der Waals surface area contributed by atoms with Gasteiger partial charge in [0.05, 0.1) is 11.6 Å². The van der Waals surface area contributed by atoms with Crippen LogP contribution in [0.5, 0.6) is 0 Å². The van der Waals surface area contributed by atoms with Crippen molar-refractivity contribution in [2.75, 3.05) is 26.7 Å². The van der Waals surface area contributed by atoms with Crippen LogP contribution >= 0.6 is 0 Å². The maximum absolute atomic E-state index is 9.06. The second-order valence-electron chi connectivity index (χ2n) is 5.37. The smallest absolute Gasteiger partial charge is 0.0991 e. The molecule has 0 bridgehead atoms. The maximum atomic E-state index is 9.06. The average Bonchev–Trinajstić information content (AvgIpc) is 2.45. The van der Waals surface area contributed by atoms with Crippen molar-refractivity contribution in [1.82, 2.24) is 10.2 Å². The normalized spacial score (nSPS) is 24.1. The van der Waals surface area contributed by atoms with Crippen LogP contribution < -0.4 is 5.32 Å². The van der Waals surface area contributed by atoms with Gasteiger partial charge in [0, 0.05) is 6.04 Å². The minimum Gasteiger partial charge on any atom is -0.317 e. The van der Waals surface area contributed by atoms with Gasteiger partial charge in [0.25, 0.3) is 0 Å². The SMILES string of the molecule is CCNCC1CCCN(C)C1c1cccc(C#N)c1. The van der Waals surface area contributed by atoms with E-state index in [0.717, 1.165) is 25.2 Å². The van der Waals surface area contributed by atoms with E-state index in [0.29, 0.717) is 12.0 Å². The van der Waals surface area contributed by atoms with Crippen molar-refractivity contribution in [2.45, 2.75) is 25.8 Å². The first kappa shape index (κ1) is 14.0. The highest BCUT2D eigenvalue weighted by Crippen LogP contribution is 2.34. The van der Waals surface area contributed by atoms with E-state index < -0.39 is 0 Å². The summed E-state index contributed by atoms with van der Waals surface area (Å²) in [5.74, 6) is 0.632. The summed E-state index contributed by atoms with van der Waals surface area (Å²) in [6, 6.07) is 10.8. The van der Waals surface area contributed by atoms with Crippen molar-refractivity contribution in [2.24, 2.45) is 5.92 Å². The zero-order valence-corrected chi connectivity index (χ0v) is 11.9. The molecular weight excluding hydrogens is 234 g/mol. The van der Waals surface area contributed by atoms with Crippen LogP contribution in [0.15, 0.2) is 24.3 Å². The highest BCUT2D eigenvalue weighted by molar-refractivity contribution is 5.34. The third-order valence-electron chi connectivity index (χ3n) is 4.02. The minimum absolute atomic E-state index is 0.432. The van der Waals surface area contributed by atoms with Gasteiger partial charge in [-0.2, -0.15) is 5.26 Å². The Bertz CT molecular complexity index is 450. The lowest BCUT2D eigenvalue weighted by molar-refractivity contribution is 0.120. The molecule has 1 aliphatic rings. The van der Waals surface area contributed by atoms with Gasteiger partial charge in [0.1, 0.15) is 0 Å². The molecule has 1 aromatic carbocycles. The molecule has 1 fully saturated rings. The van der Waals surface area contributed by atoms with Crippen molar-refractivity contribution in [1.29, 1.82) is 5.26 Å². The summed E-state index contributed by atoms with van der Waals surface area (Å²) in [5, 5.41) is 12.5. The standard InChI is InChI=1S/C16H23N3/c1-3-18-12-15-8-5-9-19(2)16(15)14-7-4-6-13(10-14)11-17/h4,6-7,10,15-16,18H,3,5,8-9,12H2,1-2H3. The van der Waals surface area contributed by atoms with Crippen LogP contribution in [-0.2, 0) is 0 Å². The molecule has 2 unspecified atom stereocenters. The van der Waals surface area contributed by atoms with Gasteiger partial charge >= 0.3 is 0 Å². The molecule has 102 valence electrons. The number of nitriles is 1. The first-order chi connectivity index (χ1) is 9.26. The van der Waals surface area contributed by atoms with Crippen molar-refractivity contribution in [3.8, 4) is 6.07 Å². The third kappa shape index (κ3) is 3.34. The first-order valence-corrected chi connectivity index (χ1v) is 7.17. The molecule has 0 radical (unpaired) electrons. The van der Waals surface area contributed by atoms with Crippen molar-refractivity contribution >= 4 is 0 Å². The molecule has 0 aromatic heterocycles. The fourth-order valence-corrected chi connectivity index (χ4v) is 3.12. The lowest BCUT2D eigenvalue weighted by atomic mass is 9.84. The van der Waals surface area contributed by atoms with Crippen LogP contribution in [0.1, 0.15) is 36.9 Å². The third-order valence-corrected chi connectivity index (χ3v) is 4.02. The molecule has 3 heteroatoms. The molecular formula is C16H23N3. The predicted molar refractivity (Wildman–Crippen MR) is 77.8 cm³/mol. The molecule has 2 rings (SSSR count). The molecule has 19 heavy (non-hydrogen) atoms. The molecule has 1 heterocycles. The Labute approximate surface area is 116 Å². The van der Waals surface area contributed by atoms with Gasteiger partial charge in [-0.15, -0.1) is 0 Å². The van der Waals surface area contributed by atoms with E-state index in [-0.39, 0.29) is 0 Å². The lowest BCUT2D eigenvalue weighted by Gasteiger charge is -2.39. The highest BCUT2D eigenvalue weighted by Gasteiger charge is 2.30. The molecule has 1 aromatic rings. The van der Waals surface area contributed by atoms with Crippen molar-refractivity contribution in [3.05, 3.63) is 35.4 Å². The zero-order valence-electron chi connectivity index (χ0n) is 11.9. The molecule has 1 saturated heterocycles. The van der Waals surface area contributed by atoms with Gasteiger partial charge in [-0.3, -0.25) is 4.90 Å². The fraction of sp³-hybridized carbons (Fsp3) is 0.562. The number of nitrogens with one attached hydrogen (secondary N) is 1. The van der Waals surface area contributed by atoms with Crippen molar-refractivity contribution in [3.63, 3.8) is 0 Å². The fourth-order valence-electron chi connectivity index (χ4n) is 3.12. The zero-order chi connectivity index (χ0) is 13.7. The molecule has 1 aliphatic heterocycles. The van der Waals surface area contributed by atoms with Crippen LogP contribution in [0.2, 0.25) is 0 Å². The Morgan fingerprint density at radius 3 is 3.05 bits per heavy atom. The van der Waals surface area contributed by atoms with Crippen LogP contribution in [-0.4, -0.2) is 31.6 Å². The summed E-state index contributed by atoms with van der Waals surface area (Å²) in [5.41, 5.74) is 2.04. The van der Waals surface area contributed by atoms with Gasteiger partial charge in [-0.1, -0.05) is 19.1 Å². The number of piperidine rings is 1. The first-order valence-electron chi connectivity index (χ1n) is 7.17. The predicted octanol–water partition coefficient (Wildman–Crippen LogP) is 2.55. The summed E-state index contributed by atoms with van der Waals surface area (Å²) < 4.78 is 0. The van der Waals surface area contributed by atoms with Gasteiger partial charge < -0.3 is 5.32 Å². The average molecular weight is 257 g/mol. The Morgan fingerprint density at radius 1 is 1.47 bits per heavy atom. The van der Waals surface area contributed by atoms with Gasteiger partial charge in [-0.25, -0.2) is 0 Å². The lowest BCUT2D eigenvalue weighted by Crippen LogP contribution is -2.40. The Kier molecular flexibility index (Phi) is 4.95. The summed E-state index contributed by atoms with van der Waals surface area (Å²) >= 11 is 0. The Balaban J connectivity index is 2.22. The monoisotopic (exact) mass is 257 g/mol. The molecule has 0 aliphatic carbocycles. The number of rotatable bonds is 4. The number of hydrogen-bond donors (Lipinski definition) is 1.